The lowest BCUT2D eigenvalue weighted by Gasteiger charge is -2.35. The largest absolute Gasteiger partial charge is 0.448 e. The van der Waals surface area contributed by atoms with Crippen molar-refractivity contribution in [2.45, 2.75) is 25.3 Å². The molecule has 7 heteroatoms. The lowest BCUT2D eigenvalue weighted by atomic mass is 10.0. The number of hydrogen-bond acceptors (Lipinski definition) is 4. The van der Waals surface area contributed by atoms with E-state index in [4.69, 9.17) is 4.74 Å². The van der Waals surface area contributed by atoms with Gasteiger partial charge in [-0.3, -0.25) is 9.78 Å². The fourth-order valence-corrected chi connectivity index (χ4v) is 3.42. The highest BCUT2D eigenvalue weighted by atomic mass is 79.9. The molecule has 0 N–H and O–H groups in total. The summed E-state index contributed by atoms with van der Waals surface area (Å²) in [4.78, 5) is 31.7. The van der Waals surface area contributed by atoms with Crippen LogP contribution >= 0.6 is 15.9 Å². The predicted molar refractivity (Wildman–Crippen MR) is 83.3 cm³/mol. The first-order chi connectivity index (χ1) is 10.6. The number of carbonyl (C=O) groups is 2. The van der Waals surface area contributed by atoms with Crippen molar-refractivity contribution in [3.63, 3.8) is 0 Å². The summed E-state index contributed by atoms with van der Waals surface area (Å²) >= 11 is 3.36. The van der Waals surface area contributed by atoms with Crippen molar-refractivity contribution in [2.24, 2.45) is 0 Å². The third-order valence-corrected chi connectivity index (χ3v) is 4.60. The number of pyridine rings is 1. The molecule has 0 atom stereocenters. The maximum atomic E-state index is 12.3. The number of ether oxygens (including phenoxy) is 1. The molecule has 0 unspecified atom stereocenters. The zero-order valence-electron chi connectivity index (χ0n) is 12.2. The van der Waals surface area contributed by atoms with Crippen LogP contribution in [0.4, 0.5) is 4.79 Å². The third kappa shape index (κ3) is 3.40. The zero-order valence-corrected chi connectivity index (χ0v) is 13.8. The number of amides is 2. The summed E-state index contributed by atoms with van der Waals surface area (Å²) in [5, 5.41) is 0. The lowest BCUT2D eigenvalue weighted by molar-refractivity contribution is -0.131. The Hall–Kier alpha value is -1.63. The number of halogens is 1. The van der Waals surface area contributed by atoms with Crippen LogP contribution in [0.1, 0.15) is 18.4 Å². The maximum absolute atomic E-state index is 12.3. The number of aromatic nitrogens is 1. The summed E-state index contributed by atoms with van der Waals surface area (Å²) in [6.45, 7) is 2.53. The monoisotopic (exact) mass is 367 g/mol. The van der Waals surface area contributed by atoms with Gasteiger partial charge in [-0.05, 0) is 40.4 Å². The fourth-order valence-electron chi connectivity index (χ4n) is 3.00. The Bertz CT molecular complexity index is 573. The summed E-state index contributed by atoms with van der Waals surface area (Å²) in [7, 11) is 0. The normalized spacial score (nSPS) is 19.4. The Morgan fingerprint density at radius 3 is 2.73 bits per heavy atom. The Morgan fingerprint density at radius 1 is 1.32 bits per heavy atom. The van der Waals surface area contributed by atoms with Crippen molar-refractivity contribution < 1.29 is 14.3 Å². The minimum absolute atomic E-state index is 0.113. The van der Waals surface area contributed by atoms with Gasteiger partial charge in [0.1, 0.15) is 6.61 Å². The first-order valence-corrected chi connectivity index (χ1v) is 8.23. The van der Waals surface area contributed by atoms with Gasteiger partial charge >= 0.3 is 6.09 Å². The predicted octanol–water partition coefficient (Wildman–Crippen LogP) is 1.83. The van der Waals surface area contributed by atoms with Crippen molar-refractivity contribution in [1.29, 1.82) is 0 Å². The molecule has 0 bridgehead atoms. The van der Waals surface area contributed by atoms with Crippen molar-refractivity contribution in [3.8, 4) is 0 Å². The summed E-state index contributed by atoms with van der Waals surface area (Å²) in [6.07, 6.45) is 5.20. The molecule has 2 aliphatic rings. The van der Waals surface area contributed by atoms with Gasteiger partial charge in [-0.25, -0.2) is 4.79 Å². The molecule has 2 aliphatic heterocycles. The van der Waals surface area contributed by atoms with Gasteiger partial charge in [0, 0.05) is 36.0 Å². The number of piperidine rings is 1. The van der Waals surface area contributed by atoms with Crippen molar-refractivity contribution in [3.05, 3.63) is 28.5 Å². The van der Waals surface area contributed by atoms with Crippen LogP contribution in [0.3, 0.4) is 0 Å². The Balaban J connectivity index is 1.52. The molecule has 1 aromatic rings. The second kappa shape index (κ2) is 6.64. The number of likely N-dealkylation sites (tertiary alicyclic amines) is 1. The molecule has 0 spiro atoms. The molecule has 2 saturated heterocycles. The highest BCUT2D eigenvalue weighted by Crippen LogP contribution is 2.20. The van der Waals surface area contributed by atoms with E-state index in [2.05, 4.69) is 20.9 Å². The van der Waals surface area contributed by atoms with Crippen LogP contribution in [0.15, 0.2) is 22.9 Å². The van der Waals surface area contributed by atoms with Gasteiger partial charge in [0.25, 0.3) is 0 Å². The van der Waals surface area contributed by atoms with Gasteiger partial charge in [-0.2, -0.15) is 0 Å². The molecular formula is C15H18BrN3O3. The number of rotatable bonds is 3. The van der Waals surface area contributed by atoms with Gasteiger partial charge in [0.05, 0.1) is 13.0 Å². The molecule has 0 aromatic carbocycles. The van der Waals surface area contributed by atoms with Gasteiger partial charge in [-0.15, -0.1) is 0 Å². The second-order valence-corrected chi connectivity index (χ2v) is 6.52. The minimum Gasteiger partial charge on any atom is -0.448 e. The van der Waals surface area contributed by atoms with Gasteiger partial charge in [-0.1, -0.05) is 0 Å². The van der Waals surface area contributed by atoms with E-state index < -0.39 is 0 Å². The van der Waals surface area contributed by atoms with Gasteiger partial charge in [0.15, 0.2) is 0 Å². The summed E-state index contributed by atoms with van der Waals surface area (Å²) < 4.78 is 5.86. The highest BCUT2D eigenvalue weighted by Gasteiger charge is 2.33. The standard InChI is InChI=1S/C15H18BrN3O3/c16-12-7-11(9-17-10-12)8-14(20)18-3-1-13(2-4-18)19-5-6-22-15(19)21/h7,9-10,13H,1-6,8H2. The highest BCUT2D eigenvalue weighted by molar-refractivity contribution is 9.10. The third-order valence-electron chi connectivity index (χ3n) is 4.17. The van der Waals surface area contributed by atoms with E-state index in [9.17, 15) is 9.59 Å². The van der Waals surface area contributed by atoms with Gasteiger partial charge < -0.3 is 14.5 Å². The average molecular weight is 368 g/mol. The van der Waals surface area contributed by atoms with Crippen LogP contribution in [0, 0.1) is 0 Å². The Morgan fingerprint density at radius 2 is 2.09 bits per heavy atom. The molecule has 22 heavy (non-hydrogen) atoms. The number of nitrogens with zero attached hydrogens (tertiary/aromatic N) is 3. The number of hydrogen-bond donors (Lipinski definition) is 0. The van der Waals surface area contributed by atoms with Gasteiger partial charge in [0.2, 0.25) is 5.91 Å². The molecule has 3 rings (SSSR count). The maximum Gasteiger partial charge on any atom is 0.410 e. The number of carbonyl (C=O) groups excluding carboxylic acids is 2. The SMILES string of the molecule is O=C(Cc1cncc(Br)c1)N1CCC(N2CCOC2=O)CC1. The van der Waals surface area contributed by atoms with E-state index in [1.165, 1.54) is 0 Å². The quantitative estimate of drug-likeness (QED) is 0.817. The molecule has 0 radical (unpaired) electrons. The molecule has 118 valence electrons. The molecule has 6 nitrogen and oxygen atoms in total. The average Bonchev–Trinajstić information content (AvgIpc) is 2.93. The smallest absolute Gasteiger partial charge is 0.410 e. The van der Waals surface area contributed by atoms with E-state index in [1.54, 1.807) is 17.3 Å². The Kier molecular flexibility index (Phi) is 4.61. The van der Waals surface area contributed by atoms with Crippen molar-refractivity contribution in [2.75, 3.05) is 26.2 Å². The minimum atomic E-state index is -0.218. The molecule has 2 amide bonds. The molecule has 1 aromatic heterocycles. The van der Waals surface area contributed by atoms with E-state index in [-0.39, 0.29) is 18.0 Å². The van der Waals surface area contributed by atoms with E-state index in [0.29, 0.717) is 32.7 Å². The van der Waals surface area contributed by atoms with Crippen molar-refractivity contribution in [1.82, 2.24) is 14.8 Å². The zero-order chi connectivity index (χ0) is 15.5. The molecule has 2 fully saturated rings. The van der Waals surface area contributed by atoms with E-state index in [1.807, 2.05) is 11.0 Å². The van der Waals surface area contributed by atoms with E-state index in [0.717, 1.165) is 22.9 Å². The summed E-state index contributed by atoms with van der Waals surface area (Å²) in [5.74, 6) is 0.113. The topological polar surface area (TPSA) is 62.7 Å². The van der Waals surface area contributed by atoms with Crippen LogP contribution in [0.25, 0.3) is 0 Å². The second-order valence-electron chi connectivity index (χ2n) is 5.61. The van der Waals surface area contributed by atoms with Crippen LogP contribution in [-0.2, 0) is 16.0 Å². The molecular weight excluding hydrogens is 350 g/mol. The lowest BCUT2D eigenvalue weighted by Crippen LogP contribution is -2.47. The van der Waals surface area contributed by atoms with E-state index >= 15 is 0 Å². The Labute approximate surface area is 137 Å². The molecule has 3 heterocycles. The van der Waals surface area contributed by atoms with Crippen LogP contribution < -0.4 is 0 Å². The summed E-state index contributed by atoms with van der Waals surface area (Å²) in [6, 6.07) is 2.12. The van der Waals surface area contributed by atoms with Crippen LogP contribution in [0.5, 0.6) is 0 Å². The van der Waals surface area contributed by atoms with Crippen molar-refractivity contribution >= 4 is 27.9 Å². The fraction of sp³-hybridized carbons (Fsp3) is 0.533. The summed E-state index contributed by atoms with van der Waals surface area (Å²) in [5.41, 5.74) is 0.907. The molecule has 0 saturated carbocycles. The first kappa shape index (κ1) is 15.3. The molecule has 0 aliphatic carbocycles. The van der Waals surface area contributed by atoms with Crippen LogP contribution in [0.2, 0.25) is 0 Å². The van der Waals surface area contributed by atoms with Crippen LogP contribution in [-0.4, -0.2) is 59.1 Å². The number of cyclic esters (lactones) is 1. The first-order valence-electron chi connectivity index (χ1n) is 7.44.